The molecule has 0 unspecified atom stereocenters. The van der Waals surface area contributed by atoms with Crippen molar-refractivity contribution in [3.8, 4) is 0 Å². The molecule has 0 atom stereocenters. The molecule has 0 fully saturated rings. The Morgan fingerprint density at radius 3 is 1.79 bits per heavy atom. The molecular formula is C22H28BN. The van der Waals surface area contributed by atoms with Crippen molar-refractivity contribution in [1.29, 1.82) is 0 Å². The topological polar surface area (TPSA) is 3.24 Å². The summed E-state index contributed by atoms with van der Waals surface area (Å²) in [4.78, 5) is 2.59. The highest BCUT2D eigenvalue weighted by atomic mass is 15.1. The SMILES string of the molecule is CC(C)(C)B1C=C(C2=CC=C[CH]2)C=C(C2=CC=C[CH]2)N1C(C)(C)C. The highest BCUT2D eigenvalue weighted by Gasteiger charge is 2.42. The Balaban J connectivity index is 2.11. The van der Waals surface area contributed by atoms with Crippen molar-refractivity contribution in [1.82, 2.24) is 4.81 Å². The Morgan fingerprint density at radius 1 is 0.750 bits per heavy atom. The predicted octanol–water partition coefficient (Wildman–Crippen LogP) is 5.64. The fourth-order valence-corrected chi connectivity index (χ4v) is 3.59. The monoisotopic (exact) mass is 317 g/mol. The summed E-state index contributed by atoms with van der Waals surface area (Å²) in [7, 11) is 0. The van der Waals surface area contributed by atoms with Crippen LogP contribution in [0.2, 0.25) is 5.31 Å². The Morgan fingerprint density at radius 2 is 1.33 bits per heavy atom. The van der Waals surface area contributed by atoms with Gasteiger partial charge in [-0.25, -0.2) is 0 Å². The van der Waals surface area contributed by atoms with Crippen molar-refractivity contribution in [2.75, 3.05) is 0 Å². The Bertz CT molecular complexity index is 699. The molecule has 1 heterocycles. The Hall–Kier alpha value is -1.70. The minimum atomic E-state index is 0.0507. The van der Waals surface area contributed by atoms with Gasteiger partial charge in [0, 0.05) is 24.1 Å². The number of allylic oxidation sites excluding steroid dienone is 10. The molecule has 1 aliphatic heterocycles. The third kappa shape index (κ3) is 3.24. The van der Waals surface area contributed by atoms with Crippen LogP contribution in [-0.2, 0) is 0 Å². The minimum Gasteiger partial charge on any atom is -0.406 e. The third-order valence-corrected chi connectivity index (χ3v) is 4.73. The van der Waals surface area contributed by atoms with E-state index in [0.717, 1.165) is 0 Å². The average molecular weight is 317 g/mol. The molecule has 0 saturated heterocycles. The van der Waals surface area contributed by atoms with Crippen LogP contribution in [0.15, 0.2) is 70.9 Å². The highest BCUT2D eigenvalue weighted by Crippen LogP contribution is 2.43. The zero-order valence-electron chi connectivity index (χ0n) is 15.8. The number of nitrogens with zero attached hydrogens (tertiary/aromatic N) is 1. The lowest BCUT2D eigenvalue weighted by Crippen LogP contribution is -2.54. The summed E-state index contributed by atoms with van der Waals surface area (Å²) in [5.74, 6) is 2.45. The van der Waals surface area contributed by atoms with E-state index in [0.29, 0.717) is 6.85 Å². The first-order valence-electron chi connectivity index (χ1n) is 8.85. The molecule has 2 radical (unpaired) electrons. The van der Waals surface area contributed by atoms with E-state index in [2.05, 4.69) is 108 Å². The minimum absolute atomic E-state index is 0.0507. The lowest BCUT2D eigenvalue weighted by Gasteiger charge is -2.49. The van der Waals surface area contributed by atoms with E-state index in [1.54, 1.807) is 0 Å². The molecule has 1 nitrogen and oxygen atoms in total. The summed E-state index contributed by atoms with van der Waals surface area (Å²) in [6, 6.07) is 0. The van der Waals surface area contributed by atoms with Crippen LogP contribution >= 0.6 is 0 Å². The third-order valence-electron chi connectivity index (χ3n) is 4.73. The van der Waals surface area contributed by atoms with Gasteiger partial charge < -0.3 is 4.81 Å². The van der Waals surface area contributed by atoms with Crippen molar-refractivity contribution in [2.45, 2.75) is 52.4 Å². The number of rotatable bonds is 2. The quantitative estimate of drug-likeness (QED) is 0.596. The lowest BCUT2D eigenvalue weighted by atomic mass is 9.39. The lowest BCUT2D eigenvalue weighted by molar-refractivity contribution is 0.295. The van der Waals surface area contributed by atoms with Crippen LogP contribution in [0, 0.1) is 12.8 Å². The fourth-order valence-electron chi connectivity index (χ4n) is 3.59. The highest BCUT2D eigenvalue weighted by molar-refractivity contribution is 6.65. The summed E-state index contributed by atoms with van der Waals surface area (Å²) >= 11 is 0. The van der Waals surface area contributed by atoms with E-state index in [9.17, 15) is 0 Å². The fraction of sp³-hybridized carbons (Fsp3) is 0.364. The number of hydrogen-bond acceptors (Lipinski definition) is 1. The van der Waals surface area contributed by atoms with Crippen molar-refractivity contribution in [2.24, 2.45) is 0 Å². The second-order valence-corrected chi connectivity index (χ2v) is 8.85. The zero-order valence-corrected chi connectivity index (χ0v) is 15.8. The predicted molar refractivity (Wildman–Crippen MR) is 106 cm³/mol. The second-order valence-electron chi connectivity index (χ2n) is 8.85. The summed E-state index contributed by atoms with van der Waals surface area (Å²) in [5, 5.41) is 0.150. The molecule has 124 valence electrons. The molecule has 0 amide bonds. The maximum atomic E-state index is 2.59. The van der Waals surface area contributed by atoms with Gasteiger partial charge in [0.15, 0.2) is 0 Å². The Labute approximate surface area is 148 Å². The largest absolute Gasteiger partial charge is 0.406 e. The van der Waals surface area contributed by atoms with E-state index in [-0.39, 0.29) is 10.9 Å². The molecule has 0 bridgehead atoms. The Kier molecular flexibility index (Phi) is 4.27. The van der Waals surface area contributed by atoms with E-state index < -0.39 is 0 Å². The van der Waals surface area contributed by atoms with Gasteiger partial charge in [-0.1, -0.05) is 63.2 Å². The molecule has 24 heavy (non-hydrogen) atoms. The summed E-state index contributed by atoms with van der Waals surface area (Å²) in [5.41, 5.74) is 5.32. The first-order chi connectivity index (χ1) is 11.2. The van der Waals surface area contributed by atoms with Gasteiger partial charge in [-0.3, -0.25) is 0 Å². The molecule has 0 spiro atoms. The van der Waals surface area contributed by atoms with Crippen LogP contribution in [0.5, 0.6) is 0 Å². The zero-order chi connectivity index (χ0) is 17.5. The summed E-state index contributed by atoms with van der Waals surface area (Å²) < 4.78 is 0. The van der Waals surface area contributed by atoms with E-state index in [1.807, 2.05) is 0 Å². The standard InChI is InChI=1S/C22H28BN/c1-21(2,3)23-16-19(17-11-7-8-12-17)15-20(18-13-9-10-14-18)24(23)22(4,5)6/h7-16H,1-6H3. The van der Waals surface area contributed by atoms with E-state index in [1.165, 1.54) is 22.4 Å². The first kappa shape index (κ1) is 17.1. The van der Waals surface area contributed by atoms with Gasteiger partial charge >= 0.3 is 0 Å². The summed E-state index contributed by atoms with van der Waals surface area (Å²) in [6.45, 7) is 14.3. The van der Waals surface area contributed by atoms with E-state index >= 15 is 0 Å². The van der Waals surface area contributed by atoms with E-state index in [4.69, 9.17) is 0 Å². The molecule has 0 saturated carbocycles. The van der Waals surface area contributed by atoms with Crippen molar-refractivity contribution in [3.05, 3.63) is 83.8 Å². The molecule has 0 aromatic rings. The van der Waals surface area contributed by atoms with Crippen LogP contribution < -0.4 is 0 Å². The smallest absolute Gasteiger partial charge is 0.287 e. The molecule has 2 aliphatic carbocycles. The normalized spacial score (nSPS) is 21.1. The molecule has 0 aromatic carbocycles. The molecule has 3 rings (SSSR count). The van der Waals surface area contributed by atoms with Gasteiger partial charge in [-0.05, 0) is 48.9 Å². The molecular weight excluding hydrogens is 289 g/mol. The van der Waals surface area contributed by atoms with Crippen LogP contribution in [0.3, 0.4) is 0 Å². The van der Waals surface area contributed by atoms with Crippen LogP contribution in [0.25, 0.3) is 0 Å². The van der Waals surface area contributed by atoms with Gasteiger partial charge in [0.2, 0.25) is 0 Å². The van der Waals surface area contributed by atoms with Crippen LogP contribution in [0.4, 0.5) is 0 Å². The molecule has 0 N–H and O–H groups in total. The molecule has 0 aromatic heterocycles. The maximum absolute atomic E-state index is 2.59. The van der Waals surface area contributed by atoms with Gasteiger partial charge in [-0.15, -0.1) is 0 Å². The van der Waals surface area contributed by atoms with Crippen molar-refractivity contribution in [3.63, 3.8) is 0 Å². The average Bonchev–Trinajstić information content (AvgIpc) is 3.17. The first-order valence-corrected chi connectivity index (χ1v) is 8.85. The molecule has 3 aliphatic rings. The van der Waals surface area contributed by atoms with Gasteiger partial charge in [0.25, 0.3) is 6.85 Å². The van der Waals surface area contributed by atoms with Crippen molar-refractivity contribution < 1.29 is 0 Å². The maximum Gasteiger partial charge on any atom is 0.287 e. The summed E-state index contributed by atoms with van der Waals surface area (Å²) in [6.07, 6.45) is 19.7. The number of hydrogen-bond donors (Lipinski definition) is 0. The second kappa shape index (κ2) is 5.99. The van der Waals surface area contributed by atoms with Gasteiger partial charge in [0.05, 0.1) is 0 Å². The van der Waals surface area contributed by atoms with Crippen LogP contribution in [0.1, 0.15) is 41.5 Å². The van der Waals surface area contributed by atoms with Crippen molar-refractivity contribution >= 4 is 6.85 Å². The molecule has 2 heteroatoms. The van der Waals surface area contributed by atoms with Gasteiger partial charge in [-0.2, -0.15) is 0 Å². The van der Waals surface area contributed by atoms with Crippen LogP contribution in [-0.4, -0.2) is 17.2 Å². The van der Waals surface area contributed by atoms with Gasteiger partial charge in [0.1, 0.15) is 0 Å².